The van der Waals surface area contributed by atoms with Crippen LogP contribution in [0.1, 0.15) is 50.4 Å². The normalized spacial score (nSPS) is 17.7. The Hall–Kier alpha value is -3.77. The number of hydrogen-bond acceptors (Lipinski definition) is 6. The summed E-state index contributed by atoms with van der Waals surface area (Å²) in [5, 5.41) is 11.3. The van der Waals surface area contributed by atoms with Crippen LogP contribution < -0.4 is 9.21 Å². The maximum Gasteiger partial charge on any atom is 0.410 e. The second-order valence-electron chi connectivity index (χ2n) is 11.1. The van der Waals surface area contributed by atoms with E-state index in [0.717, 1.165) is 27.6 Å². The van der Waals surface area contributed by atoms with Crippen molar-refractivity contribution >= 4 is 38.3 Å². The highest BCUT2D eigenvalue weighted by Gasteiger charge is 2.38. The molecule has 204 valence electrons. The average Bonchev–Trinajstić information content (AvgIpc) is 3.31. The van der Waals surface area contributed by atoms with Crippen LogP contribution >= 0.6 is 0 Å². The van der Waals surface area contributed by atoms with Gasteiger partial charge in [0.15, 0.2) is 0 Å². The molecule has 0 saturated carbocycles. The first kappa shape index (κ1) is 26.8. The van der Waals surface area contributed by atoms with E-state index in [0.29, 0.717) is 43.9 Å². The Bertz CT molecular complexity index is 1560. The lowest BCUT2D eigenvalue weighted by Gasteiger charge is -2.37. The lowest BCUT2D eigenvalue weighted by atomic mass is 9.98. The minimum atomic E-state index is -3.54. The molecule has 0 aliphatic carbocycles. The maximum atomic E-state index is 13.3. The van der Waals surface area contributed by atoms with Gasteiger partial charge in [0, 0.05) is 38.3 Å². The first-order valence-corrected chi connectivity index (χ1v) is 14.9. The fourth-order valence-electron chi connectivity index (χ4n) is 5.36. The molecule has 0 aromatic heterocycles. The van der Waals surface area contributed by atoms with E-state index in [4.69, 9.17) is 4.74 Å². The van der Waals surface area contributed by atoms with E-state index < -0.39 is 15.6 Å². The lowest BCUT2D eigenvalue weighted by molar-refractivity contribution is 0.0240. The maximum absolute atomic E-state index is 13.3. The number of hydrogen-bond donors (Lipinski definition) is 0. The van der Waals surface area contributed by atoms with Crippen molar-refractivity contribution in [3.8, 4) is 6.07 Å². The van der Waals surface area contributed by atoms with Gasteiger partial charge in [-0.3, -0.25) is 4.31 Å². The molecule has 1 saturated heterocycles. The fourth-order valence-corrected chi connectivity index (χ4v) is 6.70. The summed E-state index contributed by atoms with van der Waals surface area (Å²) >= 11 is 0. The molecule has 0 spiro atoms. The van der Waals surface area contributed by atoms with Gasteiger partial charge in [0.05, 0.1) is 29.1 Å². The van der Waals surface area contributed by atoms with E-state index in [1.165, 1.54) is 0 Å². The van der Waals surface area contributed by atoms with Crippen LogP contribution in [0.15, 0.2) is 54.6 Å². The van der Waals surface area contributed by atoms with Gasteiger partial charge in [-0.25, -0.2) is 13.2 Å². The van der Waals surface area contributed by atoms with Gasteiger partial charge in [0.1, 0.15) is 5.60 Å². The number of carbonyl (C=O) groups excluding carboxylic acids is 1. The van der Waals surface area contributed by atoms with Crippen molar-refractivity contribution in [2.75, 3.05) is 41.1 Å². The standard InChI is InChI=1S/C30H34N4O4S/c1-5-39(36,37)34-27-11-10-26(32-12-14-33(15-13-32)29(35)38-30(2,3)4)18-25(27)19-28(34)23-9-8-22-7-6-21(20-31)16-24(22)17-23/h6-11,16-18,28H,5,12-15,19H2,1-4H3. The monoisotopic (exact) mass is 546 g/mol. The van der Waals surface area contributed by atoms with Crippen molar-refractivity contribution in [3.05, 3.63) is 71.3 Å². The molecule has 2 aliphatic heterocycles. The highest BCUT2D eigenvalue weighted by molar-refractivity contribution is 7.92. The van der Waals surface area contributed by atoms with Crippen molar-refractivity contribution in [2.45, 2.75) is 45.8 Å². The van der Waals surface area contributed by atoms with Crippen LogP contribution in [0, 0.1) is 11.3 Å². The number of anilines is 2. The number of nitriles is 1. The Labute approximate surface area is 230 Å². The van der Waals surface area contributed by atoms with Gasteiger partial charge in [0.2, 0.25) is 10.0 Å². The molecule has 39 heavy (non-hydrogen) atoms. The van der Waals surface area contributed by atoms with Crippen LogP contribution in [0.3, 0.4) is 0 Å². The lowest BCUT2D eigenvalue weighted by Crippen LogP contribution is -2.50. The SMILES string of the molecule is CCS(=O)(=O)N1c2ccc(N3CCN(C(=O)OC(C)(C)C)CC3)cc2CC1c1ccc2ccc(C#N)cc2c1. The zero-order valence-corrected chi connectivity index (χ0v) is 23.7. The molecule has 1 amide bonds. The Kier molecular flexibility index (Phi) is 6.93. The molecule has 3 aromatic rings. The number of benzene rings is 3. The molecule has 2 heterocycles. The van der Waals surface area contributed by atoms with Crippen LogP contribution in [0.2, 0.25) is 0 Å². The van der Waals surface area contributed by atoms with E-state index in [-0.39, 0.29) is 17.9 Å². The summed E-state index contributed by atoms with van der Waals surface area (Å²) in [7, 11) is -3.54. The van der Waals surface area contributed by atoms with E-state index in [1.54, 1.807) is 22.2 Å². The first-order valence-electron chi connectivity index (χ1n) is 13.3. The smallest absolute Gasteiger partial charge is 0.410 e. The Morgan fingerprint density at radius 1 is 1.00 bits per heavy atom. The fraction of sp³-hybridized carbons (Fsp3) is 0.400. The molecular formula is C30H34N4O4S. The average molecular weight is 547 g/mol. The molecular weight excluding hydrogens is 512 g/mol. The van der Waals surface area contributed by atoms with Gasteiger partial charge in [-0.05, 0) is 86.0 Å². The first-order chi connectivity index (χ1) is 18.5. The zero-order valence-electron chi connectivity index (χ0n) is 22.8. The van der Waals surface area contributed by atoms with Gasteiger partial charge in [0.25, 0.3) is 0 Å². The summed E-state index contributed by atoms with van der Waals surface area (Å²) in [6.07, 6.45) is 0.264. The zero-order chi connectivity index (χ0) is 27.9. The largest absolute Gasteiger partial charge is 0.444 e. The summed E-state index contributed by atoms with van der Waals surface area (Å²) in [6.45, 7) is 9.73. The molecule has 0 bridgehead atoms. The minimum absolute atomic E-state index is 0.00345. The molecule has 8 nitrogen and oxygen atoms in total. The minimum Gasteiger partial charge on any atom is -0.444 e. The number of sulfonamides is 1. The third kappa shape index (κ3) is 5.39. The molecule has 9 heteroatoms. The van der Waals surface area contributed by atoms with E-state index in [9.17, 15) is 18.5 Å². The predicted molar refractivity (Wildman–Crippen MR) is 154 cm³/mol. The third-order valence-electron chi connectivity index (χ3n) is 7.34. The highest BCUT2D eigenvalue weighted by atomic mass is 32.2. The number of piperazine rings is 1. The van der Waals surface area contributed by atoms with Crippen molar-refractivity contribution in [1.82, 2.24) is 4.90 Å². The number of ether oxygens (including phenoxy) is 1. The molecule has 0 N–H and O–H groups in total. The Morgan fingerprint density at radius 2 is 1.72 bits per heavy atom. The van der Waals surface area contributed by atoms with Crippen molar-refractivity contribution in [2.24, 2.45) is 0 Å². The quantitative estimate of drug-likeness (QED) is 0.445. The van der Waals surface area contributed by atoms with E-state index in [1.807, 2.05) is 63.2 Å². The number of rotatable bonds is 4. The van der Waals surface area contributed by atoms with Gasteiger partial charge >= 0.3 is 6.09 Å². The number of carbonyl (C=O) groups is 1. The summed E-state index contributed by atoms with van der Waals surface area (Å²) in [5.41, 5.74) is 3.66. The van der Waals surface area contributed by atoms with Gasteiger partial charge in [-0.15, -0.1) is 0 Å². The van der Waals surface area contributed by atoms with E-state index in [2.05, 4.69) is 17.0 Å². The molecule has 1 atom stereocenters. The van der Waals surface area contributed by atoms with Crippen LogP contribution in [0.4, 0.5) is 16.2 Å². The molecule has 0 radical (unpaired) electrons. The Balaban J connectivity index is 1.41. The molecule has 5 rings (SSSR count). The van der Waals surface area contributed by atoms with Gasteiger partial charge < -0.3 is 14.5 Å². The third-order valence-corrected chi connectivity index (χ3v) is 9.12. The summed E-state index contributed by atoms with van der Waals surface area (Å²) in [6, 6.07) is 19.3. The molecule has 1 unspecified atom stereocenters. The van der Waals surface area contributed by atoms with Gasteiger partial charge in [-0.2, -0.15) is 5.26 Å². The van der Waals surface area contributed by atoms with Crippen molar-refractivity contribution < 1.29 is 17.9 Å². The topological polar surface area (TPSA) is 94.0 Å². The number of fused-ring (bicyclic) bond motifs is 2. The van der Waals surface area contributed by atoms with Crippen LogP contribution in [-0.2, 0) is 21.2 Å². The molecule has 1 fully saturated rings. The van der Waals surface area contributed by atoms with Crippen molar-refractivity contribution in [3.63, 3.8) is 0 Å². The molecule has 3 aromatic carbocycles. The highest BCUT2D eigenvalue weighted by Crippen LogP contribution is 2.44. The van der Waals surface area contributed by atoms with Crippen molar-refractivity contribution in [1.29, 1.82) is 5.26 Å². The summed E-state index contributed by atoms with van der Waals surface area (Å²) in [5.74, 6) is 0.00345. The van der Waals surface area contributed by atoms with Gasteiger partial charge in [-0.1, -0.05) is 18.2 Å². The Morgan fingerprint density at radius 3 is 2.38 bits per heavy atom. The van der Waals surface area contributed by atoms with Crippen LogP contribution in [-0.4, -0.2) is 56.9 Å². The predicted octanol–water partition coefficient (Wildman–Crippen LogP) is 5.22. The summed E-state index contributed by atoms with van der Waals surface area (Å²) in [4.78, 5) is 16.4. The summed E-state index contributed by atoms with van der Waals surface area (Å²) < 4.78 is 33.7. The molecule has 2 aliphatic rings. The second kappa shape index (κ2) is 10.1. The van der Waals surface area contributed by atoms with E-state index >= 15 is 0 Å². The number of nitrogens with zero attached hydrogens (tertiary/aromatic N) is 4. The van der Waals surface area contributed by atoms with Crippen LogP contribution in [0.25, 0.3) is 10.8 Å². The number of amides is 1. The second-order valence-corrected chi connectivity index (χ2v) is 13.3. The van der Waals surface area contributed by atoms with Crippen LogP contribution in [0.5, 0.6) is 0 Å².